The number of benzene rings is 2. The van der Waals surface area contributed by atoms with E-state index >= 15 is 0 Å². The van der Waals surface area contributed by atoms with Gasteiger partial charge in [-0.2, -0.15) is 0 Å². The standard InChI is InChI=1S/C19H23BrN2O2S/c20-18-8-4-5-9-19(18)25(23,24)21-14-16-10-12-22(13-11-16)15-17-6-2-1-3-7-17/h1-9,16,21H,10-15H2. The third-order valence-electron chi connectivity index (χ3n) is 4.64. The van der Waals surface area contributed by atoms with Crippen LogP contribution in [0.15, 0.2) is 64.0 Å². The zero-order chi connectivity index (χ0) is 17.7. The second kappa shape index (κ2) is 8.45. The molecule has 1 aliphatic rings. The van der Waals surface area contributed by atoms with Gasteiger partial charge < -0.3 is 0 Å². The Kier molecular flexibility index (Phi) is 6.28. The number of likely N-dealkylation sites (tertiary alicyclic amines) is 1. The largest absolute Gasteiger partial charge is 0.299 e. The minimum absolute atomic E-state index is 0.302. The van der Waals surface area contributed by atoms with Crippen LogP contribution in [-0.2, 0) is 16.6 Å². The first-order valence-corrected chi connectivity index (χ1v) is 10.8. The van der Waals surface area contributed by atoms with E-state index in [9.17, 15) is 8.42 Å². The van der Waals surface area contributed by atoms with Gasteiger partial charge in [-0.1, -0.05) is 42.5 Å². The molecule has 1 heterocycles. The lowest BCUT2D eigenvalue weighted by molar-refractivity contribution is 0.178. The smallest absolute Gasteiger partial charge is 0.241 e. The third-order valence-corrected chi connectivity index (χ3v) is 7.08. The van der Waals surface area contributed by atoms with Gasteiger partial charge in [-0.25, -0.2) is 13.1 Å². The van der Waals surface area contributed by atoms with Crippen LogP contribution >= 0.6 is 15.9 Å². The normalized spacial score (nSPS) is 16.8. The molecule has 134 valence electrons. The van der Waals surface area contributed by atoms with Crippen molar-refractivity contribution in [2.75, 3.05) is 19.6 Å². The first kappa shape index (κ1) is 18.6. The Bertz CT molecular complexity index is 788. The Balaban J connectivity index is 1.49. The Morgan fingerprint density at radius 1 is 1.00 bits per heavy atom. The molecule has 4 nitrogen and oxygen atoms in total. The minimum Gasteiger partial charge on any atom is -0.299 e. The molecule has 1 N–H and O–H groups in total. The lowest BCUT2D eigenvalue weighted by Gasteiger charge is -2.32. The Morgan fingerprint density at radius 3 is 2.32 bits per heavy atom. The van der Waals surface area contributed by atoms with Gasteiger partial charge in [-0.3, -0.25) is 4.90 Å². The Hall–Kier alpha value is -1.21. The predicted molar refractivity (Wildman–Crippen MR) is 104 cm³/mol. The summed E-state index contributed by atoms with van der Waals surface area (Å²) in [5.41, 5.74) is 1.33. The van der Waals surface area contributed by atoms with Gasteiger partial charge in [-0.05, 0) is 65.5 Å². The van der Waals surface area contributed by atoms with E-state index in [2.05, 4.69) is 49.8 Å². The van der Waals surface area contributed by atoms with Crippen LogP contribution in [0.3, 0.4) is 0 Å². The van der Waals surface area contributed by atoms with Crippen LogP contribution in [0.5, 0.6) is 0 Å². The van der Waals surface area contributed by atoms with Crippen LogP contribution < -0.4 is 4.72 Å². The molecule has 0 saturated carbocycles. The first-order chi connectivity index (χ1) is 12.0. The molecule has 1 saturated heterocycles. The van der Waals surface area contributed by atoms with Crippen molar-refractivity contribution in [1.29, 1.82) is 0 Å². The summed E-state index contributed by atoms with van der Waals surface area (Å²) >= 11 is 3.31. The molecule has 0 atom stereocenters. The molecule has 0 aliphatic carbocycles. The number of rotatable bonds is 6. The van der Waals surface area contributed by atoms with Gasteiger partial charge >= 0.3 is 0 Å². The summed E-state index contributed by atoms with van der Waals surface area (Å²) in [6.45, 7) is 3.49. The molecule has 0 radical (unpaired) electrons. The molecule has 1 aliphatic heterocycles. The van der Waals surface area contributed by atoms with Crippen LogP contribution in [0, 0.1) is 5.92 Å². The third kappa shape index (κ3) is 5.14. The molecule has 6 heteroatoms. The average molecular weight is 423 g/mol. The first-order valence-electron chi connectivity index (χ1n) is 8.55. The number of piperidine rings is 1. The monoisotopic (exact) mass is 422 g/mol. The zero-order valence-corrected chi connectivity index (χ0v) is 16.5. The summed E-state index contributed by atoms with van der Waals surface area (Å²) in [7, 11) is -3.46. The Labute approximate surface area is 158 Å². The van der Waals surface area contributed by atoms with Gasteiger partial charge in [0, 0.05) is 17.6 Å². The number of halogens is 1. The molecule has 0 spiro atoms. The highest BCUT2D eigenvalue weighted by Gasteiger charge is 2.22. The van der Waals surface area contributed by atoms with E-state index < -0.39 is 10.0 Å². The number of nitrogens with zero attached hydrogens (tertiary/aromatic N) is 1. The SMILES string of the molecule is O=S(=O)(NCC1CCN(Cc2ccccc2)CC1)c1ccccc1Br. The fraction of sp³-hybridized carbons (Fsp3) is 0.368. The summed E-state index contributed by atoms with van der Waals surface area (Å²) in [6.07, 6.45) is 2.04. The molecule has 0 amide bonds. The van der Waals surface area contributed by atoms with E-state index in [0.29, 0.717) is 21.8 Å². The Morgan fingerprint density at radius 2 is 1.64 bits per heavy atom. The van der Waals surface area contributed by atoms with E-state index in [1.165, 1.54) is 5.56 Å². The van der Waals surface area contributed by atoms with E-state index in [1.807, 2.05) is 12.1 Å². The summed E-state index contributed by atoms with van der Waals surface area (Å²) in [6, 6.07) is 17.4. The van der Waals surface area contributed by atoms with Crippen LogP contribution in [-0.4, -0.2) is 33.0 Å². The van der Waals surface area contributed by atoms with Gasteiger partial charge in [0.25, 0.3) is 0 Å². The lowest BCUT2D eigenvalue weighted by Crippen LogP contribution is -2.38. The van der Waals surface area contributed by atoms with Crippen LogP contribution in [0.2, 0.25) is 0 Å². The van der Waals surface area contributed by atoms with Crippen molar-refractivity contribution < 1.29 is 8.42 Å². The highest BCUT2D eigenvalue weighted by Crippen LogP contribution is 2.22. The molecule has 0 unspecified atom stereocenters. The van der Waals surface area contributed by atoms with E-state index in [4.69, 9.17) is 0 Å². The van der Waals surface area contributed by atoms with Crippen molar-refractivity contribution in [3.63, 3.8) is 0 Å². The van der Waals surface area contributed by atoms with Crippen LogP contribution in [0.4, 0.5) is 0 Å². The van der Waals surface area contributed by atoms with E-state index in [0.717, 1.165) is 32.5 Å². The quantitative estimate of drug-likeness (QED) is 0.772. The van der Waals surface area contributed by atoms with Crippen molar-refractivity contribution in [3.05, 3.63) is 64.6 Å². The maximum Gasteiger partial charge on any atom is 0.241 e. The van der Waals surface area contributed by atoms with Gasteiger partial charge in [0.05, 0.1) is 4.90 Å². The fourth-order valence-corrected chi connectivity index (χ4v) is 5.28. The highest BCUT2D eigenvalue weighted by molar-refractivity contribution is 9.10. The van der Waals surface area contributed by atoms with E-state index in [1.54, 1.807) is 18.2 Å². The average Bonchev–Trinajstić information content (AvgIpc) is 2.62. The molecule has 2 aromatic rings. The summed E-state index contributed by atoms with van der Waals surface area (Å²) in [5.74, 6) is 0.393. The molecular weight excluding hydrogens is 400 g/mol. The van der Waals surface area contributed by atoms with Gasteiger partial charge in [-0.15, -0.1) is 0 Å². The minimum atomic E-state index is -3.46. The molecular formula is C19H23BrN2O2S. The maximum atomic E-state index is 12.4. The van der Waals surface area contributed by atoms with Crippen molar-refractivity contribution in [2.24, 2.45) is 5.92 Å². The van der Waals surface area contributed by atoms with Crippen LogP contribution in [0.1, 0.15) is 18.4 Å². The summed E-state index contributed by atoms with van der Waals surface area (Å²) < 4.78 is 28.3. The molecule has 25 heavy (non-hydrogen) atoms. The number of hydrogen-bond donors (Lipinski definition) is 1. The molecule has 3 rings (SSSR count). The summed E-state index contributed by atoms with van der Waals surface area (Å²) in [5, 5.41) is 0. The van der Waals surface area contributed by atoms with Crippen molar-refractivity contribution in [1.82, 2.24) is 9.62 Å². The van der Waals surface area contributed by atoms with Gasteiger partial charge in [0.2, 0.25) is 10.0 Å². The molecule has 1 fully saturated rings. The molecule has 0 bridgehead atoms. The van der Waals surface area contributed by atoms with Gasteiger partial charge in [0.1, 0.15) is 0 Å². The second-order valence-electron chi connectivity index (χ2n) is 6.49. The highest BCUT2D eigenvalue weighted by atomic mass is 79.9. The number of sulfonamides is 1. The maximum absolute atomic E-state index is 12.4. The van der Waals surface area contributed by atoms with Gasteiger partial charge in [0.15, 0.2) is 0 Å². The van der Waals surface area contributed by atoms with Crippen molar-refractivity contribution in [3.8, 4) is 0 Å². The van der Waals surface area contributed by atoms with E-state index in [-0.39, 0.29) is 0 Å². The lowest BCUT2D eigenvalue weighted by atomic mass is 9.97. The summed E-state index contributed by atoms with van der Waals surface area (Å²) in [4.78, 5) is 2.74. The van der Waals surface area contributed by atoms with Crippen molar-refractivity contribution >= 4 is 26.0 Å². The molecule has 0 aromatic heterocycles. The second-order valence-corrected chi connectivity index (χ2v) is 9.08. The van der Waals surface area contributed by atoms with Crippen molar-refractivity contribution in [2.45, 2.75) is 24.3 Å². The fourth-order valence-electron chi connectivity index (χ4n) is 3.16. The topological polar surface area (TPSA) is 49.4 Å². The zero-order valence-electron chi connectivity index (χ0n) is 14.1. The number of hydrogen-bond acceptors (Lipinski definition) is 3. The predicted octanol–water partition coefficient (Wildman–Crippen LogP) is 3.64. The molecule has 2 aromatic carbocycles. The van der Waals surface area contributed by atoms with Crippen LogP contribution in [0.25, 0.3) is 0 Å². The number of nitrogens with one attached hydrogen (secondary N) is 1.